The van der Waals surface area contributed by atoms with Gasteiger partial charge in [0.25, 0.3) is 0 Å². The Morgan fingerprint density at radius 3 is 0.911 bits per heavy atom. The minimum Gasteiger partial charge on any atom is -0.399 e. The number of hydrogen-bond acceptors (Lipinski definition) is 9. The van der Waals surface area contributed by atoms with Crippen molar-refractivity contribution in [3.8, 4) is 113 Å². The monoisotopic (exact) mass is 1300 g/mol. The summed E-state index contributed by atoms with van der Waals surface area (Å²) in [4.78, 5) is 34.0. The van der Waals surface area contributed by atoms with Gasteiger partial charge in [-0.15, -0.1) is 0 Å². The van der Waals surface area contributed by atoms with E-state index in [1.807, 2.05) is 97.2 Å². The molecule has 1 aliphatic heterocycles. The van der Waals surface area contributed by atoms with E-state index in [1.54, 1.807) is 6.20 Å². The topological polar surface area (TPSA) is 119 Å². The molecule has 0 bridgehead atoms. The Kier molecular flexibility index (Phi) is 15.9. The fourth-order valence-corrected chi connectivity index (χ4v) is 13.5. The molecule has 101 heavy (non-hydrogen) atoms. The lowest BCUT2D eigenvalue weighted by molar-refractivity contribution is 0.00578. The lowest BCUT2D eigenvalue weighted by atomic mass is 9.79. The number of fused-ring (bicyclic) bond motifs is 6. The number of benzene rings is 12. The van der Waals surface area contributed by atoms with Crippen molar-refractivity contribution in [1.29, 1.82) is 0 Å². The molecule has 0 saturated carbocycles. The number of para-hydroxylation sites is 4. The zero-order valence-corrected chi connectivity index (χ0v) is 56.1. The van der Waals surface area contributed by atoms with Crippen molar-refractivity contribution in [2.75, 3.05) is 0 Å². The Balaban J connectivity index is 0.000000151. The Bertz CT molecular complexity index is 5840. The molecule has 5 aromatic heterocycles. The van der Waals surface area contributed by atoms with Gasteiger partial charge in [-0.1, -0.05) is 249 Å². The Morgan fingerprint density at radius 1 is 0.257 bits per heavy atom. The molecule has 0 unspecified atom stereocenters. The maximum Gasteiger partial charge on any atom is 0.494 e. The first kappa shape index (κ1) is 61.9. The highest BCUT2D eigenvalue weighted by atomic mass is 16.7. The van der Waals surface area contributed by atoms with E-state index in [0.29, 0.717) is 34.9 Å². The normalized spacial score (nSPS) is 13.2. The number of aromatic nitrogens is 9. The van der Waals surface area contributed by atoms with Crippen molar-refractivity contribution in [2.24, 2.45) is 0 Å². The third-order valence-corrected chi connectivity index (χ3v) is 19.5. The summed E-state index contributed by atoms with van der Waals surface area (Å²) in [6, 6.07) is 109. The van der Waals surface area contributed by atoms with Gasteiger partial charge >= 0.3 is 7.12 Å². The van der Waals surface area contributed by atoms with Gasteiger partial charge < -0.3 is 18.4 Å². The molecule has 18 rings (SSSR count). The second-order valence-corrected chi connectivity index (χ2v) is 26.4. The maximum absolute atomic E-state index is 6.29. The molecule has 0 radical (unpaired) electrons. The highest BCUT2D eigenvalue weighted by molar-refractivity contribution is 6.62. The molecule has 0 atom stereocenters. The Labute approximate surface area is 586 Å². The molecule has 482 valence electrons. The van der Waals surface area contributed by atoms with Crippen LogP contribution in [0.5, 0.6) is 0 Å². The summed E-state index contributed by atoms with van der Waals surface area (Å²) in [5.41, 5.74) is 19.5. The summed E-state index contributed by atoms with van der Waals surface area (Å²) in [7, 11) is -0.436. The summed E-state index contributed by atoms with van der Waals surface area (Å²) in [6.07, 6.45) is 3.65. The van der Waals surface area contributed by atoms with E-state index in [9.17, 15) is 0 Å². The first-order valence-corrected chi connectivity index (χ1v) is 34.0. The quantitative estimate of drug-likeness (QED) is 0.110. The van der Waals surface area contributed by atoms with E-state index in [2.05, 4.69) is 266 Å². The van der Waals surface area contributed by atoms with Crippen LogP contribution < -0.4 is 5.46 Å². The first-order chi connectivity index (χ1) is 49.5. The molecule has 11 nitrogen and oxygen atoms in total. The van der Waals surface area contributed by atoms with E-state index < -0.39 is 18.3 Å². The number of nitrogens with zero attached hydrogens (tertiary/aromatic N) is 9. The molecule has 0 aliphatic carbocycles. The van der Waals surface area contributed by atoms with E-state index in [0.717, 1.165) is 83.6 Å². The van der Waals surface area contributed by atoms with E-state index in [-0.39, 0.29) is 0 Å². The van der Waals surface area contributed by atoms with Crippen molar-refractivity contribution in [3.63, 3.8) is 0 Å². The largest absolute Gasteiger partial charge is 0.494 e. The van der Waals surface area contributed by atoms with Crippen LogP contribution in [-0.2, 0) is 9.31 Å². The van der Waals surface area contributed by atoms with Crippen molar-refractivity contribution < 1.29 is 9.31 Å². The van der Waals surface area contributed by atoms with Gasteiger partial charge in [-0.25, -0.2) is 29.9 Å². The molecular weight excluding hydrogens is 1240 g/mol. The Morgan fingerprint density at radius 2 is 0.545 bits per heavy atom. The van der Waals surface area contributed by atoms with Gasteiger partial charge in [0.1, 0.15) is 0 Å². The van der Waals surface area contributed by atoms with Gasteiger partial charge in [-0.05, 0) is 133 Å². The van der Waals surface area contributed by atoms with Crippen LogP contribution in [0.3, 0.4) is 0 Å². The average Bonchev–Trinajstić information content (AvgIpc) is 1.61. The maximum atomic E-state index is 6.29. The van der Waals surface area contributed by atoms with Crippen LogP contribution in [0.4, 0.5) is 0 Å². The molecule has 0 spiro atoms. The standard InChI is InChI=1S/C45H37BN4O2.C44H29N5/c1-44(2)45(3,4)52-46(51-44)35-26-23-33(24-27-35)43-48-41(31-13-7-5-8-14-31)47-42(49-43)32-21-19-30(20-22-32)34-25-28-40-38(29-34)37-17-11-12-18-39(37)50(40)36-15-9-6-10-16-36;1-3-10-32(11-4-1)42-46-43(48-44(47-42)34-23-19-31(20-24-34)36-12-9-27-45-29-36)33-21-17-30(18-22-33)35-25-26-41-39(28-35)38-15-7-8-16-40(38)49(41)37-13-5-2-6-14-37/h5-29H,1-4H3;1-29H. The molecule has 6 heterocycles. The third kappa shape index (κ3) is 12.0. The van der Waals surface area contributed by atoms with E-state index in [4.69, 9.17) is 39.2 Å². The van der Waals surface area contributed by atoms with Crippen LogP contribution in [-0.4, -0.2) is 62.3 Å². The molecule has 12 aromatic carbocycles. The van der Waals surface area contributed by atoms with Gasteiger partial charge in [-0.3, -0.25) is 4.98 Å². The Hall–Kier alpha value is -12.6. The minimum atomic E-state index is -0.436. The summed E-state index contributed by atoms with van der Waals surface area (Å²) in [5, 5.41) is 4.92. The number of pyridine rings is 1. The molecule has 1 aliphatic rings. The summed E-state index contributed by atoms with van der Waals surface area (Å²) in [6.45, 7) is 8.26. The molecule has 0 N–H and O–H groups in total. The lowest BCUT2D eigenvalue weighted by Crippen LogP contribution is -2.41. The van der Waals surface area contributed by atoms with Gasteiger partial charge in [0.2, 0.25) is 0 Å². The fraction of sp³-hybridized carbons (Fsp3) is 0.0674. The minimum absolute atomic E-state index is 0.408. The fourth-order valence-electron chi connectivity index (χ4n) is 13.5. The number of hydrogen-bond donors (Lipinski definition) is 0. The predicted molar refractivity (Wildman–Crippen MR) is 411 cm³/mol. The highest BCUT2D eigenvalue weighted by Crippen LogP contribution is 2.40. The van der Waals surface area contributed by atoms with Crippen LogP contribution in [0.15, 0.2) is 328 Å². The van der Waals surface area contributed by atoms with Gasteiger partial charge in [0, 0.05) is 78.7 Å². The van der Waals surface area contributed by atoms with Crippen LogP contribution >= 0.6 is 0 Å². The summed E-state index contributed by atoms with van der Waals surface area (Å²) < 4.78 is 17.3. The molecular formula is C89H66BN9O2. The zero-order chi connectivity index (χ0) is 68.0. The molecule has 12 heteroatoms. The third-order valence-electron chi connectivity index (χ3n) is 19.5. The highest BCUT2D eigenvalue weighted by Gasteiger charge is 2.51. The van der Waals surface area contributed by atoms with Crippen molar-refractivity contribution in [2.45, 2.75) is 38.9 Å². The smallest absolute Gasteiger partial charge is 0.399 e. The molecule has 1 fully saturated rings. The van der Waals surface area contributed by atoms with E-state index >= 15 is 0 Å². The average molecular weight is 1300 g/mol. The summed E-state index contributed by atoms with van der Waals surface area (Å²) >= 11 is 0. The lowest BCUT2D eigenvalue weighted by Gasteiger charge is -2.32. The predicted octanol–water partition coefficient (Wildman–Crippen LogP) is 20.6. The van der Waals surface area contributed by atoms with Crippen molar-refractivity contribution in [3.05, 3.63) is 328 Å². The molecule has 0 amide bonds. The SMILES string of the molecule is CC1(C)OB(c2ccc(-c3nc(-c4ccccc4)nc(-c4ccc(-c5ccc6c(c5)c5ccccc5n6-c5ccccc5)cc4)n3)cc2)OC1(C)C.c1ccc(-c2nc(-c3ccc(-c4cccnc4)cc3)nc(-c3ccc(-c4ccc5c(c4)c4ccccc4n5-c4ccccc4)cc3)n2)cc1. The second-order valence-electron chi connectivity index (χ2n) is 26.4. The van der Waals surface area contributed by atoms with Gasteiger partial charge in [-0.2, -0.15) is 0 Å². The molecule has 17 aromatic rings. The van der Waals surface area contributed by atoms with Crippen LogP contribution in [0.25, 0.3) is 157 Å². The van der Waals surface area contributed by atoms with Crippen LogP contribution in [0.1, 0.15) is 27.7 Å². The first-order valence-electron chi connectivity index (χ1n) is 34.0. The van der Waals surface area contributed by atoms with E-state index in [1.165, 1.54) is 43.6 Å². The van der Waals surface area contributed by atoms with Crippen molar-refractivity contribution >= 4 is 56.2 Å². The number of rotatable bonds is 12. The van der Waals surface area contributed by atoms with Gasteiger partial charge in [0.15, 0.2) is 34.9 Å². The van der Waals surface area contributed by atoms with Crippen LogP contribution in [0, 0.1) is 0 Å². The molecule has 1 saturated heterocycles. The van der Waals surface area contributed by atoms with Gasteiger partial charge in [0.05, 0.1) is 33.3 Å². The van der Waals surface area contributed by atoms with Crippen LogP contribution in [0.2, 0.25) is 0 Å². The second kappa shape index (κ2) is 26.0. The van der Waals surface area contributed by atoms with Crippen molar-refractivity contribution in [1.82, 2.24) is 44.0 Å². The summed E-state index contributed by atoms with van der Waals surface area (Å²) in [5.74, 6) is 3.75. The zero-order valence-electron chi connectivity index (χ0n) is 56.1.